The third-order valence-electron chi connectivity index (χ3n) is 4.71. The Balaban J connectivity index is 1.43. The Kier molecular flexibility index (Phi) is 6.61. The molecule has 0 saturated carbocycles. The van der Waals surface area contributed by atoms with Gasteiger partial charge in [-0.15, -0.1) is 0 Å². The number of anilines is 1. The van der Waals surface area contributed by atoms with Crippen LogP contribution in [0.15, 0.2) is 54.6 Å². The van der Waals surface area contributed by atoms with Crippen LogP contribution in [0.1, 0.15) is 39.0 Å². The molecule has 3 heteroatoms. The van der Waals surface area contributed by atoms with Crippen molar-refractivity contribution in [1.29, 1.82) is 0 Å². The van der Waals surface area contributed by atoms with Gasteiger partial charge in [0.2, 0.25) is 0 Å². The predicted molar refractivity (Wildman–Crippen MR) is 104 cm³/mol. The summed E-state index contributed by atoms with van der Waals surface area (Å²) in [4.78, 5) is 2.44. The normalized spacial score (nSPS) is 15.2. The average molecular weight is 339 g/mol. The lowest BCUT2D eigenvalue weighted by Gasteiger charge is -2.33. The van der Waals surface area contributed by atoms with Crippen LogP contribution in [0, 0.1) is 0 Å². The lowest BCUT2D eigenvalue weighted by Crippen LogP contribution is -2.38. The monoisotopic (exact) mass is 339 g/mol. The van der Waals surface area contributed by atoms with Crippen LogP contribution in [0.25, 0.3) is 0 Å². The Labute approximate surface area is 151 Å². The fraction of sp³-hybridized carbons (Fsp3) is 0.455. The highest BCUT2D eigenvalue weighted by molar-refractivity contribution is 5.46. The van der Waals surface area contributed by atoms with Gasteiger partial charge in [-0.1, -0.05) is 38.0 Å². The third kappa shape index (κ3) is 5.42. The molecule has 0 amide bonds. The van der Waals surface area contributed by atoms with Crippen LogP contribution >= 0.6 is 0 Å². The van der Waals surface area contributed by atoms with Gasteiger partial charge in [-0.3, -0.25) is 0 Å². The van der Waals surface area contributed by atoms with E-state index in [0.29, 0.717) is 6.10 Å². The summed E-state index contributed by atoms with van der Waals surface area (Å²) in [7, 11) is 0. The Morgan fingerprint density at radius 2 is 1.56 bits per heavy atom. The Hall–Kier alpha value is -2.16. The van der Waals surface area contributed by atoms with Crippen molar-refractivity contribution in [2.45, 2.75) is 45.1 Å². The van der Waals surface area contributed by atoms with Crippen molar-refractivity contribution in [3.8, 4) is 11.5 Å². The van der Waals surface area contributed by atoms with Crippen molar-refractivity contribution >= 4 is 5.69 Å². The quantitative estimate of drug-likeness (QED) is 0.609. The zero-order chi connectivity index (χ0) is 17.3. The van der Waals surface area contributed by atoms with Gasteiger partial charge in [0.15, 0.2) is 0 Å². The van der Waals surface area contributed by atoms with Gasteiger partial charge in [-0.25, -0.2) is 0 Å². The highest BCUT2D eigenvalue weighted by atomic mass is 16.5. The molecule has 0 atom stereocenters. The molecule has 0 spiro atoms. The van der Waals surface area contributed by atoms with E-state index in [0.717, 1.165) is 50.5 Å². The van der Waals surface area contributed by atoms with Crippen LogP contribution in [-0.4, -0.2) is 25.8 Å². The minimum Gasteiger partial charge on any atom is -0.494 e. The lowest BCUT2D eigenvalue weighted by atomic mass is 10.1. The lowest BCUT2D eigenvalue weighted by molar-refractivity contribution is 0.170. The van der Waals surface area contributed by atoms with Gasteiger partial charge < -0.3 is 14.4 Å². The Morgan fingerprint density at radius 1 is 0.880 bits per heavy atom. The zero-order valence-corrected chi connectivity index (χ0v) is 15.2. The first-order valence-corrected chi connectivity index (χ1v) is 9.54. The molecule has 1 fully saturated rings. The second kappa shape index (κ2) is 9.36. The third-order valence-corrected chi connectivity index (χ3v) is 4.71. The first kappa shape index (κ1) is 17.7. The molecule has 3 rings (SSSR count). The van der Waals surface area contributed by atoms with Crippen LogP contribution in [0.2, 0.25) is 0 Å². The molecule has 0 unspecified atom stereocenters. The standard InChI is InChI=1S/C22H29NO2/c1-2-3-7-18-24-20-10-12-21(13-11-20)25-22-14-16-23(17-15-22)19-8-5-4-6-9-19/h4-6,8-13,22H,2-3,7,14-18H2,1H3. The SMILES string of the molecule is CCCCCOc1ccc(OC2CCN(c3ccccc3)CC2)cc1. The van der Waals surface area contributed by atoms with Crippen LogP contribution < -0.4 is 14.4 Å². The Bertz CT molecular complexity index is 604. The molecular weight excluding hydrogens is 310 g/mol. The molecule has 1 aliphatic rings. The highest BCUT2D eigenvalue weighted by Crippen LogP contribution is 2.24. The van der Waals surface area contributed by atoms with Gasteiger partial charge in [0.25, 0.3) is 0 Å². The van der Waals surface area contributed by atoms with Gasteiger partial charge in [0.05, 0.1) is 6.61 Å². The zero-order valence-electron chi connectivity index (χ0n) is 15.2. The van der Waals surface area contributed by atoms with Crippen LogP contribution in [0.3, 0.4) is 0 Å². The van der Waals surface area contributed by atoms with Crippen molar-refractivity contribution in [1.82, 2.24) is 0 Å². The van der Waals surface area contributed by atoms with E-state index < -0.39 is 0 Å². The number of hydrogen-bond acceptors (Lipinski definition) is 3. The molecule has 1 heterocycles. The molecule has 134 valence electrons. The first-order chi connectivity index (χ1) is 12.3. The largest absolute Gasteiger partial charge is 0.494 e. The number of unbranched alkanes of at least 4 members (excludes halogenated alkanes) is 2. The van der Waals surface area contributed by atoms with Crippen molar-refractivity contribution in [3.05, 3.63) is 54.6 Å². The highest BCUT2D eigenvalue weighted by Gasteiger charge is 2.20. The summed E-state index contributed by atoms with van der Waals surface area (Å²) in [6, 6.07) is 18.7. The number of benzene rings is 2. The number of ether oxygens (including phenoxy) is 2. The number of hydrogen-bond donors (Lipinski definition) is 0. The summed E-state index contributed by atoms with van der Waals surface area (Å²) in [5.41, 5.74) is 1.31. The van der Waals surface area contributed by atoms with E-state index in [1.54, 1.807) is 0 Å². The van der Waals surface area contributed by atoms with E-state index >= 15 is 0 Å². The van der Waals surface area contributed by atoms with Crippen LogP contribution in [-0.2, 0) is 0 Å². The number of piperidine rings is 1. The van der Waals surface area contributed by atoms with Crippen LogP contribution in [0.4, 0.5) is 5.69 Å². The van der Waals surface area contributed by atoms with Gasteiger partial charge in [0, 0.05) is 31.6 Å². The minimum atomic E-state index is 0.302. The van der Waals surface area contributed by atoms with Crippen molar-refractivity contribution < 1.29 is 9.47 Å². The minimum absolute atomic E-state index is 0.302. The van der Waals surface area contributed by atoms with Crippen molar-refractivity contribution in [2.75, 3.05) is 24.6 Å². The maximum atomic E-state index is 6.16. The van der Waals surface area contributed by atoms with Crippen molar-refractivity contribution in [2.24, 2.45) is 0 Å². The summed E-state index contributed by atoms with van der Waals surface area (Å²) < 4.78 is 11.9. The van der Waals surface area contributed by atoms with Gasteiger partial charge in [0.1, 0.15) is 17.6 Å². The molecule has 3 nitrogen and oxygen atoms in total. The molecule has 2 aromatic rings. The van der Waals surface area contributed by atoms with E-state index in [1.165, 1.54) is 18.5 Å². The number of rotatable bonds is 8. The summed E-state index contributed by atoms with van der Waals surface area (Å²) in [5, 5.41) is 0. The molecule has 0 radical (unpaired) electrons. The van der Waals surface area contributed by atoms with Gasteiger partial charge >= 0.3 is 0 Å². The molecule has 0 aromatic heterocycles. The Morgan fingerprint density at radius 3 is 2.24 bits per heavy atom. The summed E-state index contributed by atoms with van der Waals surface area (Å²) >= 11 is 0. The molecule has 0 bridgehead atoms. The maximum Gasteiger partial charge on any atom is 0.119 e. The molecule has 0 aliphatic carbocycles. The van der Waals surface area contributed by atoms with E-state index in [2.05, 4.69) is 42.2 Å². The first-order valence-electron chi connectivity index (χ1n) is 9.54. The molecule has 1 aliphatic heterocycles. The smallest absolute Gasteiger partial charge is 0.119 e. The van der Waals surface area contributed by atoms with Gasteiger partial charge in [-0.2, -0.15) is 0 Å². The fourth-order valence-corrected chi connectivity index (χ4v) is 3.22. The van der Waals surface area contributed by atoms with E-state index in [9.17, 15) is 0 Å². The summed E-state index contributed by atoms with van der Waals surface area (Å²) in [6.45, 7) is 5.10. The molecular formula is C22H29NO2. The van der Waals surface area contributed by atoms with E-state index in [-0.39, 0.29) is 0 Å². The second-order valence-electron chi connectivity index (χ2n) is 6.67. The molecule has 2 aromatic carbocycles. The van der Waals surface area contributed by atoms with E-state index in [1.807, 2.05) is 24.3 Å². The average Bonchev–Trinajstić information content (AvgIpc) is 2.68. The second-order valence-corrected chi connectivity index (χ2v) is 6.67. The predicted octanol–water partition coefficient (Wildman–Crippen LogP) is 5.30. The number of nitrogens with zero attached hydrogens (tertiary/aromatic N) is 1. The number of para-hydroxylation sites is 1. The van der Waals surface area contributed by atoms with Gasteiger partial charge in [-0.05, 0) is 42.8 Å². The molecule has 25 heavy (non-hydrogen) atoms. The summed E-state index contributed by atoms with van der Waals surface area (Å²) in [5.74, 6) is 1.88. The maximum absolute atomic E-state index is 6.16. The van der Waals surface area contributed by atoms with Crippen LogP contribution in [0.5, 0.6) is 11.5 Å². The fourth-order valence-electron chi connectivity index (χ4n) is 3.22. The van der Waals surface area contributed by atoms with Crippen molar-refractivity contribution in [3.63, 3.8) is 0 Å². The summed E-state index contributed by atoms with van der Waals surface area (Å²) in [6.07, 6.45) is 5.99. The topological polar surface area (TPSA) is 21.7 Å². The molecule has 1 saturated heterocycles. The van der Waals surface area contributed by atoms with E-state index in [4.69, 9.17) is 9.47 Å². The molecule has 0 N–H and O–H groups in total.